The average Bonchev–Trinajstić information content (AvgIpc) is 2.59. The highest BCUT2D eigenvalue weighted by molar-refractivity contribution is 6.17. The molecule has 1 atom stereocenters. The van der Waals surface area contributed by atoms with E-state index < -0.39 is 5.60 Å². The number of alkyl halides is 1. The van der Waals surface area contributed by atoms with Gasteiger partial charge in [-0.05, 0) is 18.6 Å². The molecule has 0 bridgehead atoms. The number of hydrogen-bond acceptors (Lipinski definition) is 3. The van der Waals surface area contributed by atoms with Gasteiger partial charge < -0.3 is 9.47 Å². The van der Waals surface area contributed by atoms with Crippen molar-refractivity contribution in [2.75, 3.05) is 13.0 Å². The second-order valence-corrected chi connectivity index (χ2v) is 5.55. The van der Waals surface area contributed by atoms with E-state index in [0.717, 1.165) is 23.4 Å². The number of halogens is 1. The highest BCUT2D eigenvalue weighted by Gasteiger charge is 2.44. The number of methoxy groups -OCH3 is 1. The topological polar surface area (TPSA) is 30.8 Å². The van der Waals surface area contributed by atoms with Crippen molar-refractivity contribution < 1.29 is 9.47 Å². The second kappa shape index (κ2) is 6.41. The van der Waals surface area contributed by atoms with Crippen LogP contribution in [0.4, 0.5) is 5.69 Å². The van der Waals surface area contributed by atoms with E-state index in [4.69, 9.17) is 21.1 Å². The highest BCUT2D eigenvalue weighted by Crippen LogP contribution is 2.43. The Kier molecular flexibility index (Phi) is 4.34. The van der Waals surface area contributed by atoms with E-state index in [1.807, 2.05) is 54.6 Å². The Balaban J connectivity index is 2.13. The first-order valence-corrected chi connectivity index (χ1v) is 7.86. The maximum Gasteiger partial charge on any atom is 0.238 e. The van der Waals surface area contributed by atoms with Crippen LogP contribution in [0.3, 0.4) is 0 Å². The number of rotatable bonds is 4. The monoisotopic (exact) mass is 315 g/mol. The molecule has 1 unspecified atom stereocenters. The van der Waals surface area contributed by atoms with Crippen molar-refractivity contribution in [1.29, 1.82) is 0 Å². The number of ether oxygens (including phenoxy) is 2. The van der Waals surface area contributed by atoms with Gasteiger partial charge in [0.15, 0.2) is 0 Å². The fourth-order valence-corrected chi connectivity index (χ4v) is 2.92. The summed E-state index contributed by atoms with van der Waals surface area (Å²) in [5, 5.41) is 0. The number of benzene rings is 2. The van der Waals surface area contributed by atoms with Crippen LogP contribution < -0.4 is 4.74 Å². The maximum absolute atomic E-state index is 6.40. The molecule has 3 nitrogen and oxygen atoms in total. The fraction of sp³-hybridized carbons (Fsp3) is 0.278. The number of nitrogens with zero attached hydrogens (tertiary/aromatic N) is 1. The quantitative estimate of drug-likeness (QED) is 0.768. The van der Waals surface area contributed by atoms with Crippen LogP contribution in [0.1, 0.15) is 18.4 Å². The first-order valence-electron chi connectivity index (χ1n) is 7.33. The zero-order valence-electron chi connectivity index (χ0n) is 12.5. The first-order chi connectivity index (χ1) is 10.8. The lowest BCUT2D eigenvalue weighted by Crippen LogP contribution is -2.44. The van der Waals surface area contributed by atoms with Crippen LogP contribution in [0.5, 0.6) is 5.75 Å². The molecule has 0 aliphatic carbocycles. The minimum absolute atomic E-state index is 0.566. The Bertz CT molecular complexity index is 672. The Morgan fingerprint density at radius 3 is 2.55 bits per heavy atom. The summed E-state index contributed by atoms with van der Waals surface area (Å²) in [6.07, 6.45) is 1.52. The third kappa shape index (κ3) is 2.57. The van der Waals surface area contributed by atoms with Gasteiger partial charge in [-0.2, -0.15) is 0 Å². The normalized spacial score (nSPS) is 19.8. The van der Waals surface area contributed by atoms with Gasteiger partial charge in [-0.15, -0.1) is 11.6 Å². The zero-order valence-corrected chi connectivity index (χ0v) is 13.2. The van der Waals surface area contributed by atoms with Gasteiger partial charge in [0.1, 0.15) is 11.4 Å². The number of aliphatic imine (C=N–C) groups is 1. The molecule has 0 amide bonds. The number of hydrogen-bond donors (Lipinski definition) is 0. The van der Waals surface area contributed by atoms with Crippen LogP contribution >= 0.6 is 11.6 Å². The molecular weight excluding hydrogens is 298 g/mol. The molecule has 2 aromatic rings. The third-order valence-electron chi connectivity index (χ3n) is 3.81. The lowest BCUT2D eigenvalue weighted by molar-refractivity contribution is 0.0966. The minimum atomic E-state index is -0.723. The van der Waals surface area contributed by atoms with E-state index in [0.29, 0.717) is 18.2 Å². The molecule has 22 heavy (non-hydrogen) atoms. The molecule has 4 heteroatoms. The van der Waals surface area contributed by atoms with Crippen LogP contribution in [0.25, 0.3) is 0 Å². The van der Waals surface area contributed by atoms with Crippen molar-refractivity contribution in [2.45, 2.75) is 18.4 Å². The number of fused-ring (bicyclic) bond motifs is 1. The van der Waals surface area contributed by atoms with E-state index in [1.54, 1.807) is 7.11 Å². The van der Waals surface area contributed by atoms with Crippen LogP contribution in [0.2, 0.25) is 0 Å². The molecule has 0 saturated heterocycles. The molecule has 1 aliphatic heterocycles. The van der Waals surface area contributed by atoms with Crippen molar-refractivity contribution in [2.24, 2.45) is 4.99 Å². The van der Waals surface area contributed by atoms with Crippen LogP contribution in [-0.2, 0) is 10.3 Å². The molecule has 0 saturated carbocycles. The van der Waals surface area contributed by atoms with Crippen LogP contribution in [-0.4, -0.2) is 18.9 Å². The fourth-order valence-electron chi connectivity index (χ4n) is 2.79. The zero-order chi connectivity index (χ0) is 15.4. The highest BCUT2D eigenvalue weighted by atomic mass is 35.5. The van der Waals surface area contributed by atoms with Crippen molar-refractivity contribution in [1.82, 2.24) is 0 Å². The van der Waals surface area contributed by atoms with Gasteiger partial charge in [0.2, 0.25) is 11.5 Å². The van der Waals surface area contributed by atoms with Crippen LogP contribution in [0, 0.1) is 0 Å². The molecule has 0 fully saturated rings. The van der Waals surface area contributed by atoms with Gasteiger partial charge in [-0.3, -0.25) is 0 Å². The van der Waals surface area contributed by atoms with Gasteiger partial charge in [-0.1, -0.05) is 42.5 Å². The van der Waals surface area contributed by atoms with Crippen molar-refractivity contribution >= 4 is 23.2 Å². The van der Waals surface area contributed by atoms with E-state index in [-0.39, 0.29) is 0 Å². The summed E-state index contributed by atoms with van der Waals surface area (Å²) in [5.41, 5.74) is 1.09. The smallest absolute Gasteiger partial charge is 0.238 e. The summed E-state index contributed by atoms with van der Waals surface area (Å²) in [6.45, 7) is 0. The van der Waals surface area contributed by atoms with E-state index in [2.05, 4.69) is 4.99 Å². The van der Waals surface area contributed by atoms with E-state index in [1.165, 1.54) is 0 Å². The van der Waals surface area contributed by atoms with Gasteiger partial charge in [0, 0.05) is 17.9 Å². The largest absolute Gasteiger partial charge is 0.481 e. The standard InChI is InChI=1S/C18H18ClNO2/c1-21-17-18(12-7-13-19,14-8-3-2-4-9-14)22-16-11-6-5-10-15(16)20-17/h2-6,8-11H,7,12-13H2,1H3. The Morgan fingerprint density at radius 2 is 1.82 bits per heavy atom. The van der Waals surface area contributed by atoms with Crippen LogP contribution in [0.15, 0.2) is 59.6 Å². The second-order valence-electron chi connectivity index (χ2n) is 5.18. The molecule has 0 aromatic heterocycles. The average molecular weight is 316 g/mol. The van der Waals surface area contributed by atoms with Gasteiger partial charge >= 0.3 is 0 Å². The molecule has 1 aliphatic rings. The van der Waals surface area contributed by atoms with Crippen molar-refractivity contribution in [3.63, 3.8) is 0 Å². The number of para-hydroxylation sites is 2. The Hall–Kier alpha value is -2.00. The molecule has 3 rings (SSSR count). The summed E-state index contributed by atoms with van der Waals surface area (Å²) >= 11 is 5.93. The predicted molar refractivity (Wildman–Crippen MR) is 89.2 cm³/mol. The van der Waals surface area contributed by atoms with E-state index in [9.17, 15) is 0 Å². The summed E-state index contributed by atoms with van der Waals surface area (Å²) in [7, 11) is 1.63. The summed E-state index contributed by atoms with van der Waals surface area (Å²) in [5.74, 6) is 1.90. The van der Waals surface area contributed by atoms with Gasteiger partial charge in [-0.25, -0.2) is 4.99 Å². The maximum atomic E-state index is 6.40. The summed E-state index contributed by atoms with van der Waals surface area (Å²) in [4.78, 5) is 4.67. The molecular formula is C18H18ClNO2. The predicted octanol–water partition coefficient (Wildman–Crippen LogP) is 4.67. The minimum Gasteiger partial charge on any atom is -0.481 e. The van der Waals surface area contributed by atoms with Crippen molar-refractivity contribution in [3.05, 3.63) is 60.2 Å². The third-order valence-corrected chi connectivity index (χ3v) is 4.08. The van der Waals surface area contributed by atoms with Gasteiger partial charge in [0.05, 0.1) is 7.11 Å². The molecule has 0 N–H and O–H groups in total. The summed E-state index contributed by atoms with van der Waals surface area (Å²) < 4.78 is 12.0. The Morgan fingerprint density at radius 1 is 1.09 bits per heavy atom. The molecule has 114 valence electrons. The lowest BCUT2D eigenvalue weighted by atomic mass is 9.87. The summed E-state index contributed by atoms with van der Waals surface area (Å²) in [6, 6.07) is 17.8. The first kappa shape index (κ1) is 14.9. The Labute approximate surface area is 135 Å². The lowest BCUT2D eigenvalue weighted by Gasteiger charge is -2.37. The van der Waals surface area contributed by atoms with E-state index >= 15 is 0 Å². The molecule has 2 aromatic carbocycles. The van der Waals surface area contributed by atoms with Gasteiger partial charge in [0.25, 0.3) is 0 Å². The SMILES string of the molecule is COC1=Nc2ccccc2OC1(CCCCl)c1ccccc1. The molecule has 1 heterocycles. The molecule has 0 spiro atoms. The molecule has 0 radical (unpaired) electrons. The van der Waals surface area contributed by atoms with Crippen molar-refractivity contribution in [3.8, 4) is 5.75 Å².